The van der Waals surface area contributed by atoms with Gasteiger partial charge in [-0.25, -0.2) is 0 Å². The summed E-state index contributed by atoms with van der Waals surface area (Å²) in [6.07, 6.45) is 0.878. The van der Waals surface area contributed by atoms with Crippen LogP contribution < -0.4 is 5.32 Å². The van der Waals surface area contributed by atoms with Crippen molar-refractivity contribution >= 4 is 0 Å². The summed E-state index contributed by atoms with van der Waals surface area (Å²) in [7, 11) is 1.91. The molecule has 0 saturated heterocycles. The van der Waals surface area contributed by atoms with Crippen molar-refractivity contribution in [2.75, 3.05) is 13.6 Å². The number of aromatic hydroxyl groups is 1. The van der Waals surface area contributed by atoms with E-state index in [1.54, 1.807) is 6.07 Å². The molecule has 0 aliphatic carbocycles. The van der Waals surface area contributed by atoms with Crippen molar-refractivity contribution in [3.05, 3.63) is 29.3 Å². The van der Waals surface area contributed by atoms with Gasteiger partial charge in [-0.15, -0.1) is 0 Å². The molecule has 0 amide bonds. The third kappa shape index (κ3) is 2.24. The van der Waals surface area contributed by atoms with Crippen LogP contribution >= 0.6 is 0 Å². The zero-order chi connectivity index (χ0) is 8.97. The summed E-state index contributed by atoms with van der Waals surface area (Å²) < 4.78 is 0. The molecule has 0 aliphatic heterocycles. The molecular formula is C10H15NO. The zero-order valence-corrected chi connectivity index (χ0v) is 7.59. The molecule has 0 aromatic heterocycles. The summed E-state index contributed by atoms with van der Waals surface area (Å²) in [6.45, 7) is 2.87. The normalized spacial score (nSPS) is 10.2. The maximum atomic E-state index is 9.49. The summed E-state index contributed by atoms with van der Waals surface area (Å²) in [4.78, 5) is 0. The Morgan fingerprint density at radius 1 is 1.42 bits per heavy atom. The van der Waals surface area contributed by atoms with Crippen molar-refractivity contribution in [1.29, 1.82) is 0 Å². The zero-order valence-electron chi connectivity index (χ0n) is 7.59. The van der Waals surface area contributed by atoms with Crippen LogP contribution in [0.15, 0.2) is 18.2 Å². The lowest BCUT2D eigenvalue weighted by atomic mass is 10.1. The Bertz CT molecular complexity index is 258. The van der Waals surface area contributed by atoms with E-state index in [1.165, 1.54) is 0 Å². The lowest BCUT2D eigenvalue weighted by molar-refractivity contribution is 0.467. The summed E-state index contributed by atoms with van der Waals surface area (Å²) in [6, 6.07) is 5.79. The number of rotatable bonds is 3. The van der Waals surface area contributed by atoms with Gasteiger partial charge in [0.2, 0.25) is 0 Å². The molecule has 0 radical (unpaired) electrons. The summed E-state index contributed by atoms with van der Waals surface area (Å²) in [5.41, 5.74) is 2.11. The van der Waals surface area contributed by atoms with E-state index < -0.39 is 0 Å². The number of nitrogens with one attached hydrogen (secondary N) is 1. The molecule has 1 aromatic carbocycles. The molecule has 1 aromatic rings. The molecule has 2 nitrogen and oxygen atoms in total. The molecular weight excluding hydrogens is 150 g/mol. The second-order valence-corrected chi connectivity index (χ2v) is 2.99. The molecule has 12 heavy (non-hydrogen) atoms. The van der Waals surface area contributed by atoms with Crippen molar-refractivity contribution < 1.29 is 5.11 Å². The summed E-state index contributed by atoms with van der Waals surface area (Å²) in [5.74, 6) is 0.408. The molecule has 0 saturated carbocycles. The summed E-state index contributed by atoms with van der Waals surface area (Å²) in [5, 5.41) is 12.5. The molecule has 2 N–H and O–H groups in total. The van der Waals surface area contributed by atoms with E-state index in [2.05, 4.69) is 5.32 Å². The maximum Gasteiger partial charge on any atom is 0.119 e. The SMILES string of the molecule is CNCCc1ccc(C)cc1O. The summed E-state index contributed by atoms with van der Waals surface area (Å²) >= 11 is 0. The van der Waals surface area contributed by atoms with Gasteiger partial charge < -0.3 is 10.4 Å². The Hall–Kier alpha value is -1.02. The fourth-order valence-electron chi connectivity index (χ4n) is 1.14. The number of hydrogen-bond donors (Lipinski definition) is 2. The standard InChI is InChI=1S/C10H15NO/c1-8-3-4-9(5-6-11-2)10(12)7-8/h3-4,7,11-12H,5-6H2,1-2H3. The third-order valence-corrected chi connectivity index (χ3v) is 1.89. The van der Waals surface area contributed by atoms with E-state index in [-0.39, 0.29) is 0 Å². The van der Waals surface area contributed by atoms with Crippen LogP contribution in [-0.2, 0) is 6.42 Å². The first-order chi connectivity index (χ1) is 5.74. The monoisotopic (exact) mass is 165 g/mol. The number of phenols is 1. The van der Waals surface area contributed by atoms with E-state index >= 15 is 0 Å². The van der Waals surface area contributed by atoms with Gasteiger partial charge in [0.25, 0.3) is 0 Å². The van der Waals surface area contributed by atoms with Gasteiger partial charge in [0.1, 0.15) is 5.75 Å². The highest BCUT2D eigenvalue weighted by molar-refractivity contribution is 5.35. The number of likely N-dealkylation sites (N-methyl/N-ethyl adjacent to an activating group) is 1. The van der Waals surface area contributed by atoms with Gasteiger partial charge in [-0.1, -0.05) is 12.1 Å². The predicted octanol–water partition coefficient (Wildman–Crippen LogP) is 1.46. The lowest BCUT2D eigenvalue weighted by Crippen LogP contribution is -2.10. The quantitative estimate of drug-likeness (QED) is 0.710. The number of aryl methyl sites for hydroxylation is 1. The minimum absolute atomic E-state index is 0.408. The van der Waals surface area contributed by atoms with Gasteiger partial charge in [-0.05, 0) is 44.1 Å². The Morgan fingerprint density at radius 3 is 2.75 bits per heavy atom. The van der Waals surface area contributed by atoms with Gasteiger partial charge in [0, 0.05) is 0 Å². The van der Waals surface area contributed by atoms with Gasteiger partial charge in [0.05, 0.1) is 0 Å². The van der Waals surface area contributed by atoms with Crippen LogP contribution in [-0.4, -0.2) is 18.7 Å². The van der Waals surface area contributed by atoms with Crippen LogP contribution in [0.4, 0.5) is 0 Å². The Labute approximate surface area is 73.2 Å². The van der Waals surface area contributed by atoms with E-state index in [0.717, 1.165) is 24.1 Å². The third-order valence-electron chi connectivity index (χ3n) is 1.89. The van der Waals surface area contributed by atoms with E-state index in [1.807, 2.05) is 26.1 Å². The fraction of sp³-hybridized carbons (Fsp3) is 0.400. The topological polar surface area (TPSA) is 32.3 Å². The Balaban J connectivity index is 2.72. The lowest BCUT2D eigenvalue weighted by Gasteiger charge is -2.04. The highest BCUT2D eigenvalue weighted by Crippen LogP contribution is 2.18. The molecule has 0 atom stereocenters. The largest absolute Gasteiger partial charge is 0.508 e. The van der Waals surface area contributed by atoms with E-state index in [0.29, 0.717) is 5.75 Å². The second kappa shape index (κ2) is 4.12. The van der Waals surface area contributed by atoms with E-state index in [4.69, 9.17) is 0 Å². The van der Waals surface area contributed by atoms with Gasteiger partial charge in [-0.2, -0.15) is 0 Å². The van der Waals surface area contributed by atoms with Crippen LogP contribution in [0.3, 0.4) is 0 Å². The van der Waals surface area contributed by atoms with E-state index in [9.17, 15) is 5.11 Å². The van der Waals surface area contributed by atoms with Crippen molar-refractivity contribution in [1.82, 2.24) is 5.32 Å². The van der Waals surface area contributed by atoms with Crippen LogP contribution in [0, 0.1) is 6.92 Å². The van der Waals surface area contributed by atoms with Crippen molar-refractivity contribution in [2.24, 2.45) is 0 Å². The Morgan fingerprint density at radius 2 is 2.17 bits per heavy atom. The number of hydrogen-bond acceptors (Lipinski definition) is 2. The molecule has 0 unspecified atom stereocenters. The molecule has 0 bridgehead atoms. The van der Waals surface area contributed by atoms with Crippen LogP contribution in [0.25, 0.3) is 0 Å². The predicted molar refractivity (Wildman–Crippen MR) is 50.5 cm³/mol. The van der Waals surface area contributed by atoms with Crippen LogP contribution in [0.1, 0.15) is 11.1 Å². The number of benzene rings is 1. The number of phenolic OH excluding ortho intramolecular Hbond substituents is 1. The van der Waals surface area contributed by atoms with Gasteiger partial charge in [-0.3, -0.25) is 0 Å². The van der Waals surface area contributed by atoms with Crippen molar-refractivity contribution in [3.8, 4) is 5.75 Å². The molecule has 0 heterocycles. The average Bonchev–Trinajstić information content (AvgIpc) is 2.03. The molecule has 2 heteroatoms. The molecule has 0 fully saturated rings. The van der Waals surface area contributed by atoms with Gasteiger partial charge >= 0.3 is 0 Å². The smallest absolute Gasteiger partial charge is 0.119 e. The van der Waals surface area contributed by atoms with Gasteiger partial charge in [0.15, 0.2) is 0 Å². The highest BCUT2D eigenvalue weighted by Gasteiger charge is 1.99. The molecule has 0 aliphatic rings. The molecule has 66 valence electrons. The minimum atomic E-state index is 0.408. The molecule has 1 rings (SSSR count). The average molecular weight is 165 g/mol. The first-order valence-corrected chi connectivity index (χ1v) is 4.17. The second-order valence-electron chi connectivity index (χ2n) is 2.99. The van der Waals surface area contributed by atoms with Crippen molar-refractivity contribution in [2.45, 2.75) is 13.3 Å². The fourth-order valence-corrected chi connectivity index (χ4v) is 1.14. The minimum Gasteiger partial charge on any atom is -0.508 e. The highest BCUT2D eigenvalue weighted by atomic mass is 16.3. The molecule has 0 spiro atoms. The first kappa shape index (κ1) is 9.07. The maximum absolute atomic E-state index is 9.49. The van der Waals surface area contributed by atoms with Crippen LogP contribution in [0.5, 0.6) is 5.75 Å². The first-order valence-electron chi connectivity index (χ1n) is 4.17. The Kier molecular flexibility index (Phi) is 3.11. The van der Waals surface area contributed by atoms with Crippen LogP contribution in [0.2, 0.25) is 0 Å². The van der Waals surface area contributed by atoms with Crippen molar-refractivity contribution in [3.63, 3.8) is 0 Å².